The van der Waals surface area contributed by atoms with Gasteiger partial charge in [0.2, 0.25) is 11.8 Å². The van der Waals surface area contributed by atoms with Crippen LogP contribution in [-0.4, -0.2) is 60.0 Å². The minimum atomic E-state index is -1.56. The Morgan fingerprint density at radius 1 is 1.37 bits per heavy atom. The number of hydrogen-bond donors (Lipinski definition) is 1. The zero-order valence-corrected chi connectivity index (χ0v) is 14.6. The number of rotatable bonds is 2. The molecule has 10 nitrogen and oxygen atoms in total. The summed E-state index contributed by atoms with van der Waals surface area (Å²) < 4.78 is 5.55. The smallest absolute Gasteiger partial charge is 0.330 e. The van der Waals surface area contributed by atoms with Crippen molar-refractivity contribution in [2.45, 2.75) is 19.4 Å². The molecule has 1 aromatic carbocycles. The second-order valence-corrected chi connectivity index (χ2v) is 6.81. The first-order valence-electron chi connectivity index (χ1n) is 8.69. The summed E-state index contributed by atoms with van der Waals surface area (Å²) in [4.78, 5) is 51.8. The van der Waals surface area contributed by atoms with Crippen molar-refractivity contribution in [2.75, 3.05) is 31.2 Å². The van der Waals surface area contributed by atoms with Gasteiger partial charge in [0.05, 0.1) is 24.2 Å². The number of amides is 4. The van der Waals surface area contributed by atoms with Crippen molar-refractivity contribution in [3.8, 4) is 0 Å². The number of ether oxygens (including phenoxy) is 1. The van der Waals surface area contributed by atoms with Crippen LogP contribution in [0.3, 0.4) is 0 Å². The minimum absolute atomic E-state index is 0.0248. The highest BCUT2D eigenvalue weighted by Crippen LogP contribution is 2.46. The number of carbonyl (C=O) groups excluding carboxylic acids is 3. The highest BCUT2D eigenvalue weighted by atomic mass is 16.6. The van der Waals surface area contributed by atoms with Crippen molar-refractivity contribution in [3.63, 3.8) is 0 Å². The Labute approximate surface area is 154 Å². The monoisotopic (exact) mass is 374 g/mol. The van der Waals surface area contributed by atoms with Gasteiger partial charge in [-0.25, -0.2) is 4.79 Å². The van der Waals surface area contributed by atoms with Crippen LogP contribution in [-0.2, 0) is 20.7 Å². The molecule has 142 valence electrons. The molecule has 2 saturated heterocycles. The fourth-order valence-corrected chi connectivity index (χ4v) is 4.27. The molecule has 0 aromatic heterocycles. The molecule has 0 radical (unpaired) electrons. The van der Waals surface area contributed by atoms with E-state index >= 15 is 0 Å². The van der Waals surface area contributed by atoms with E-state index < -0.39 is 34.2 Å². The largest absolute Gasteiger partial charge is 0.377 e. The normalized spacial score (nSPS) is 27.3. The molecule has 27 heavy (non-hydrogen) atoms. The van der Waals surface area contributed by atoms with Gasteiger partial charge in [-0.1, -0.05) is 0 Å². The van der Waals surface area contributed by atoms with Gasteiger partial charge in [0.25, 0.3) is 5.69 Å². The molecule has 1 spiro atoms. The molecule has 2 atom stereocenters. The first-order valence-corrected chi connectivity index (χ1v) is 8.69. The second kappa shape index (κ2) is 6.02. The average Bonchev–Trinajstić information content (AvgIpc) is 2.66. The number of hydrogen-bond acceptors (Lipinski definition) is 7. The van der Waals surface area contributed by atoms with Crippen LogP contribution in [0.5, 0.6) is 0 Å². The molecule has 10 heteroatoms. The predicted molar refractivity (Wildman–Crippen MR) is 92.1 cm³/mol. The van der Waals surface area contributed by atoms with Gasteiger partial charge in [0, 0.05) is 37.3 Å². The van der Waals surface area contributed by atoms with E-state index in [1.165, 1.54) is 12.1 Å². The van der Waals surface area contributed by atoms with Crippen LogP contribution in [0.4, 0.5) is 16.2 Å². The van der Waals surface area contributed by atoms with Crippen LogP contribution in [0.1, 0.15) is 12.5 Å². The van der Waals surface area contributed by atoms with Gasteiger partial charge >= 0.3 is 6.03 Å². The first kappa shape index (κ1) is 17.4. The topological polar surface area (TPSA) is 122 Å². The van der Waals surface area contributed by atoms with Crippen LogP contribution < -0.4 is 10.2 Å². The number of non-ortho nitro benzene ring substituents is 1. The van der Waals surface area contributed by atoms with Crippen molar-refractivity contribution in [2.24, 2.45) is 5.41 Å². The molecular weight excluding hydrogens is 356 g/mol. The summed E-state index contributed by atoms with van der Waals surface area (Å²) >= 11 is 0. The van der Waals surface area contributed by atoms with Crippen LogP contribution in [0.15, 0.2) is 18.2 Å². The van der Waals surface area contributed by atoms with Crippen molar-refractivity contribution < 1.29 is 24.0 Å². The number of benzene rings is 1. The van der Waals surface area contributed by atoms with Gasteiger partial charge in [0.15, 0.2) is 5.41 Å². The van der Waals surface area contributed by atoms with Crippen LogP contribution in [0.25, 0.3) is 0 Å². The third-order valence-electron chi connectivity index (χ3n) is 5.56. The Morgan fingerprint density at radius 3 is 2.85 bits per heavy atom. The van der Waals surface area contributed by atoms with E-state index in [-0.39, 0.29) is 25.3 Å². The zero-order valence-electron chi connectivity index (χ0n) is 14.6. The third kappa shape index (κ3) is 2.33. The number of urea groups is 1. The number of barbiturate groups is 1. The van der Waals surface area contributed by atoms with E-state index in [2.05, 4.69) is 5.32 Å². The van der Waals surface area contributed by atoms with Crippen molar-refractivity contribution in [3.05, 3.63) is 33.9 Å². The summed E-state index contributed by atoms with van der Waals surface area (Å²) in [6.07, 6.45) is -0.0248. The summed E-state index contributed by atoms with van der Waals surface area (Å²) in [5.74, 6) is -1.27. The Bertz CT molecular complexity index is 871. The lowest BCUT2D eigenvalue weighted by Gasteiger charge is -2.53. The summed E-state index contributed by atoms with van der Waals surface area (Å²) in [6.45, 7) is 2.78. The maximum atomic E-state index is 13.3. The van der Waals surface area contributed by atoms with Crippen molar-refractivity contribution in [1.29, 1.82) is 0 Å². The van der Waals surface area contributed by atoms with Gasteiger partial charge in [-0.3, -0.25) is 29.9 Å². The number of nitrogens with zero attached hydrogens (tertiary/aromatic N) is 3. The summed E-state index contributed by atoms with van der Waals surface area (Å²) in [5, 5.41) is 13.5. The van der Waals surface area contributed by atoms with Crippen molar-refractivity contribution >= 4 is 29.2 Å². The lowest BCUT2D eigenvalue weighted by molar-refractivity contribution is -0.384. The van der Waals surface area contributed by atoms with Gasteiger partial charge in [-0.15, -0.1) is 0 Å². The molecule has 2 fully saturated rings. The highest BCUT2D eigenvalue weighted by Gasteiger charge is 2.62. The standard InChI is InChI=1S/C17H18N4O6/c1-2-19-15(23)17(14(22)18-16(19)24)8-10-7-11(21(25)26)3-4-12(10)20-5-6-27-9-13(17)20/h3-4,7,13H,2,5-6,8-9H2,1H3,(H,18,22,24)/t13-,17-/m0/s1. The fraction of sp³-hybridized carbons (Fsp3) is 0.471. The molecule has 3 aliphatic rings. The van der Waals surface area contributed by atoms with Crippen LogP contribution in [0, 0.1) is 15.5 Å². The number of nitrogens with one attached hydrogen (secondary N) is 1. The van der Waals surface area contributed by atoms with Gasteiger partial charge in [0.1, 0.15) is 0 Å². The average molecular weight is 374 g/mol. The number of fused-ring (bicyclic) bond motifs is 4. The van der Waals surface area contributed by atoms with E-state index in [0.29, 0.717) is 18.7 Å². The lowest BCUT2D eigenvalue weighted by Crippen LogP contribution is -2.73. The molecular formula is C17H18N4O6. The molecule has 1 N–H and O–H groups in total. The van der Waals surface area contributed by atoms with E-state index in [1.807, 2.05) is 4.90 Å². The maximum absolute atomic E-state index is 13.3. The van der Waals surface area contributed by atoms with Gasteiger partial charge in [-0.2, -0.15) is 0 Å². The summed E-state index contributed by atoms with van der Waals surface area (Å²) in [6, 6.07) is 3.12. The Balaban J connectivity index is 1.89. The molecule has 3 aliphatic heterocycles. The number of morpholine rings is 1. The maximum Gasteiger partial charge on any atom is 0.330 e. The van der Waals surface area contributed by atoms with Gasteiger partial charge < -0.3 is 9.64 Å². The predicted octanol–water partition coefficient (Wildman–Crippen LogP) is 0.441. The summed E-state index contributed by atoms with van der Waals surface area (Å²) in [5.41, 5.74) is -0.383. The number of anilines is 1. The molecule has 0 unspecified atom stereocenters. The van der Waals surface area contributed by atoms with Crippen LogP contribution in [0.2, 0.25) is 0 Å². The first-order chi connectivity index (χ1) is 12.9. The Morgan fingerprint density at radius 2 is 2.15 bits per heavy atom. The fourth-order valence-electron chi connectivity index (χ4n) is 4.27. The zero-order chi connectivity index (χ0) is 19.3. The molecule has 4 amide bonds. The van der Waals surface area contributed by atoms with E-state index in [4.69, 9.17) is 4.74 Å². The number of nitro benzene ring substituents is 1. The van der Waals surface area contributed by atoms with Crippen molar-refractivity contribution in [1.82, 2.24) is 10.2 Å². The summed E-state index contributed by atoms with van der Waals surface area (Å²) in [7, 11) is 0. The number of carbonyl (C=O) groups is 3. The lowest BCUT2D eigenvalue weighted by atomic mass is 9.68. The molecule has 0 saturated carbocycles. The second-order valence-electron chi connectivity index (χ2n) is 6.81. The number of imide groups is 2. The molecule has 3 heterocycles. The minimum Gasteiger partial charge on any atom is -0.377 e. The number of nitro groups is 1. The molecule has 1 aromatic rings. The molecule has 4 rings (SSSR count). The molecule has 0 aliphatic carbocycles. The Kier molecular flexibility index (Phi) is 3.88. The SMILES string of the molecule is CCN1C(=O)NC(=O)[C@@]2(Cc3cc([N+](=O)[O-])ccc3N3CCOC[C@H]32)C1=O. The molecule has 0 bridgehead atoms. The van der Waals surface area contributed by atoms with E-state index in [0.717, 1.165) is 10.6 Å². The van der Waals surface area contributed by atoms with Crippen LogP contribution >= 0.6 is 0 Å². The Hall–Kier alpha value is -3.01. The highest BCUT2D eigenvalue weighted by molar-refractivity contribution is 6.20. The quantitative estimate of drug-likeness (QED) is 0.453. The van der Waals surface area contributed by atoms with E-state index in [1.54, 1.807) is 13.0 Å². The third-order valence-corrected chi connectivity index (χ3v) is 5.56. The van der Waals surface area contributed by atoms with E-state index in [9.17, 15) is 24.5 Å². The van der Waals surface area contributed by atoms with Gasteiger partial charge in [-0.05, 0) is 18.6 Å².